The first-order chi connectivity index (χ1) is 27.2. The van der Waals surface area contributed by atoms with Crippen LogP contribution in [0.5, 0.6) is 0 Å². The molecule has 0 saturated carbocycles. The number of rotatable bonds is 15. The van der Waals surface area contributed by atoms with Crippen LogP contribution in [0.4, 0.5) is 0 Å². The van der Waals surface area contributed by atoms with Crippen molar-refractivity contribution in [2.45, 2.75) is 94.7 Å². The number of Topliss-reactive ketones (excluding diaryl/α,β-unsaturated/α-hetero) is 1. The number of hydrogen-bond donors (Lipinski definition) is 6. The molecule has 15 heteroatoms. The molecule has 3 heterocycles. The third-order valence-electron chi connectivity index (χ3n) is 11.1. The molecule has 0 radical (unpaired) electrons. The van der Waals surface area contributed by atoms with E-state index in [-0.39, 0.29) is 55.3 Å². The number of ketones is 1. The second kappa shape index (κ2) is 18.0. The molecule has 57 heavy (non-hydrogen) atoms. The molecular formula is C42H51N6O8P. The minimum absolute atomic E-state index is 0.00758. The van der Waals surface area contributed by atoms with Gasteiger partial charge in [0.25, 0.3) is 5.91 Å². The van der Waals surface area contributed by atoms with E-state index in [0.29, 0.717) is 42.3 Å². The van der Waals surface area contributed by atoms with Gasteiger partial charge in [0.05, 0.1) is 12.2 Å². The lowest BCUT2D eigenvalue weighted by Gasteiger charge is -2.40. The largest absolute Gasteiger partial charge is 0.370 e. The number of amides is 4. The van der Waals surface area contributed by atoms with Crippen LogP contribution >= 0.6 is 7.60 Å². The Bertz CT molecular complexity index is 2100. The number of carbonyl (C=O) groups excluding carboxylic acids is 5. The van der Waals surface area contributed by atoms with Crippen molar-refractivity contribution in [3.8, 4) is 0 Å². The van der Waals surface area contributed by atoms with Gasteiger partial charge in [0.1, 0.15) is 17.8 Å². The number of carbonyl (C=O) groups is 5. The monoisotopic (exact) mass is 798 g/mol. The Hall–Kier alpha value is -5.14. The minimum Gasteiger partial charge on any atom is -0.370 e. The molecule has 14 nitrogen and oxygen atoms in total. The number of nitrogens with zero attached hydrogens (tertiary/aromatic N) is 2. The molecule has 4 aromatic rings. The van der Waals surface area contributed by atoms with Gasteiger partial charge < -0.3 is 36.0 Å². The lowest BCUT2D eigenvalue weighted by molar-refractivity contribution is -0.144. The molecule has 2 saturated heterocycles. The first-order valence-electron chi connectivity index (χ1n) is 19.4. The van der Waals surface area contributed by atoms with E-state index in [1.165, 1.54) is 0 Å². The SMILES string of the molecule is CC(C)N1CC[C@H]2CC[C@@H](C(=O)N[C@@H](CCC(N)=O)C(=O)CC(c3ccccc3)c3ccccc3)N2C(=O)[C@@H](NC(=O)c2cc3cc(CP(=O)(O)O)ccc3[nH]2)C1. The van der Waals surface area contributed by atoms with Crippen LogP contribution in [0, 0.1) is 0 Å². The van der Waals surface area contributed by atoms with Gasteiger partial charge in [0, 0.05) is 54.8 Å². The van der Waals surface area contributed by atoms with Crippen molar-refractivity contribution in [1.29, 1.82) is 0 Å². The molecule has 6 rings (SSSR count). The first-order valence-corrected chi connectivity index (χ1v) is 21.2. The summed E-state index contributed by atoms with van der Waals surface area (Å²) in [7, 11) is -4.30. The average molecular weight is 799 g/mol. The van der Waals surface area contributed by atoms with E-state index in [2.05, 4.69) is 20.5 Å². The standard InChI is InChI=1S/C42H51N6O8P/c1-26(2)47-20-19-31-14-17-37(48(31)42(53)36(24-47)46-40(51)35-22-30-21-27(25-57(54,55)56)13-15-33(30)44-35)41(52)45-34(16-18-39(43)50)38(49)23-32(28-9-5-3-6-10-28)29-11-7-4-8-12-29/h3-13,15,21-22,26,31-32,34,36-37,44H,14,16-20,23-25H2,1-2H3,(H2,43,50)(H,45,52)(H,46,51)(H2,54,55,56)/t31-,34+,36+,37+/m1/s1. The Morgan fingerprint density at radius 3 is 2.21 bits per heavy atom. The van der Waals surface area contributed by atoms with Crippen molar-refractivity contribution < 1.29 is 38.3 Å². The van der Waals surface area contributed by atoms with Crippen LogP contribution in [0.2, 0.25) is 0 Å². The summed E-state index contributed by atoms with van der Waals surface area (Å²) in [5, 5.41) is 6.39. The number of primary amides is 1. The van der Waals surface area contributed by atoms with Gasteiger partial charge in [-0.1, -0.05) is 66.7 Å². The van der Waals surface area contributed by atoms with Crippen LogP contribution in [-0.4, -0.2) is 97.3 Å². The van der Waals surface area contributed by atoms with E-state index < -0.39 is 55.5 Å². The molecule has 302 valence electrons. The van der Waals surface area contributed by atoms with Gasteiger partial charge in [0.15, 0.2) is 5.78 Å². The van der Waals surface area contributed by atoms with Crippen LogP contribution in [0.1, 0.15) is 85.5 Å². The van der Waals surface area contributed by atoms with Gasteiger partial charge in [-0.25, -0.2) is 0 Å². The fourth-order valence-corrected chi connectivity index (χ4v) is 8.79. The lowest BCUT2D eigenvalue weighted by atomic mass is 9.85. The van der Waals surface area contributed by atoms with Crippen molar-refractivity contribution in [3.05, 3.63) is 107 Å². The topological polar surface area (TPSA) is 215 Å². The fourth-order valence-electron chi connectivity index (χ4n) is 8.12. The van der Waals surface area contributed by atoms with Gasteiger partial charge in [-0.05, 0) is 74.4 Å². The fraction of sp³-hybridized carbons (Fsp3) is 0.405. The number of H-pyrrole nitrogens is 1. The summed E-state index contributed by atoms with van der Waals surface area (Å²) < 4.78 is 11.6. The third kappa shape index (κ3) is 10.4. The lowest BCUT2D eigenvalue weighted by Crippen LogP contribution is -2.61. The minimum atomic E-state index is -4.30. The number of fused-ring (bicyclic) bond motifs is 2. The average Bonchev–Trinajstić information content (AvgIpc) is 3.80. The molecule has 7 N–H and O–H groups in total. The molecule has 0 aliphatic carbocycles. The summed E-state index contributed by atoms with van der Waals surface area (Å²) in [6.45, 7) is 4.86. The van der Waals surface area contributed by atoms with E-state index in [0.717, 1.165) is 11.1 Å². The highest BCUT2D eigenvalue weighted by Gasteiger charge is 2.46. The van der Waals surface area contributed by atoms with Gasteiger partial charge in [-0.15, -0.1) is 0 Å². The normalized spacial score (nSPS) is 19.6. The second-order valence-electron chi connectivity index (χ2n) is 15.4. The number of benzene rings is 3. The first kappa shape index (κ1) is 41.5. The Labute approximate surface area is 331 Å². The molecular weight excluding hydrogens is 747 g/mol. The van der Waals surface area contributed by atoms with Crippen molar-refractivity contribution >= 4 is 47.9 Å². The number of aromatic nitrogens is 1. The van der Waals surface area contributed by atoms with E-state index in [4.69, 9.17) is 5.73 Å². The van der Waals surface area contributed by atoms with Crippen LogP contribution in [-0.2, 0) is 29.9 Å². The van der Waals surface area contributed by atoms with Crippen LogP contribution in [0.25, 0.3) is 10.9 Å². The van der Waals surface area contributed by atoms with Crippen molar-refractivity contribution in [3.63, 3.8) is 0 Å². The highest BCUT2D eigenvalue weighted by atomic mass is 31.2. The zero-order valence-corrected chi connectivity index (χ0v) is 33.1. The highest BCUT2D eigenvalue weighted by molar-refractivity contribution is 7.50. The molecule has 0 bridgehead atoms. The molecule has 0 unspecified atom stereocenters. The smallest absolute Gasteiger partial charge is 0.329 e. The Kier molecular flexibility index (Phi) is 13.1. The summed E-state index contributed by atoms with van der Waals surface area (Å²) in [5.41, 5.74) is 8.54. The highest BCUT2D eigenvalue weighted by Crippen LogP contribution is 2.39. The molecule has 3 aromatic carbocycles. The quantitative estimate of drug-likeness (QED) is 0.0959. The molecule has 4 atom stereocenters. The van der Waals surface area contributed by atoms with Gasteiger partial charge >= 0.3 is 7.60 Å². The molecule has 2 fully saturated rings. The summed E-state index contributed by atoms with van der Waals surface area (Å²) in [5.74, 6) is -2.63. The molecule has 4 amide bonds. The van der Waals surface area contributed by atoms with E-state index >= 15 is 0 Å². The van der Waals surface area contributed by atoms with Gasteiger partial charge in [0.2, 0.25) is 17.7 Å². The maximum Gasteiger partial charge on any atom is 0.329 e. The Morgan fingerprint density at radius 2 is 1.60 bits per heavy atom. The number of aromatic amines is 1. The van der Waals surface area contributed by atoms with E-state index in [9.17, 15) is 38.3 Å². The van der Waals surface area contributed by atoms with E-state index in [1.54, 1.807) is 29.2 Å². The van der Waals surface area contributed by atoms with Crippen molar-refractivity contribution in [2.75, 3.05) is 13.1 Å². The number of nitrogens with two attached hydrogens (primary N) is 1. The zero-order chi connectivity index (χ0) is 40.9. The van der Waals surface area contributed by atoms with Crippen LogP contribution in [0.15, 0.2) is 84.9 Å². The predicted molar refractivity (Wildman–Crippen MR) is 215 cm³/mol. The number of hydrogen-bond acceptors (Lipinski definition) is 7. The summed E-state index contributed by atoms with van der Waals surface area (Å²) in [6, 6.07) is 22.5. The zero-order valence-electron chi connectivity index (χ0n) is 32.2. The van der Waals surface area contributed by atoms with Gasteiger partial charge in [-0.2, -0.15) is 0 Å². The van der Waals surface area contributed by atoms with Crippen LogP contribution < -0.4 is 16.4 Å². The molecule has 0 spiro atoms. The third-order valence-corrected chi connectivity index (χ3v) is 11.8. The van der Waals surface area contributed by atoms with Crippen LogP contribution in [0.3, 0.4) is 0 Å². The summed E-state index contributed by atoms with van der Waals surface area (Å²) in [4.78, 5) is 94.2. The summed E-state index contributed by atoms with van der Waals surface area (Å²) >= 11 is 0. The van der Waals surface area contributed by atoms with E-state index in [1.807, 2.05) is 74.5 Å². The maximum absolute atomic E-state index is 14.6. The maximum atomic E-state index is 14.6. The molecule has 2 aliphatic heterocycles. The molecule has 1 aromatic heterocycles. The second-order valence-corrected chi connectivity index (χ2v) is 17.1. The van der Waals surface area contributed by atoms with Crippen molar-refractivity contribution in [1.82, 2.24) is 25.4 Å². The van der Waals surface area contributed by atoms with Crippen molar-refractivity contribution in [2.24, 2.45) is 5.73 Å². The predicted octanol–water partition coefficient (Wildman–Crippen LogP) is 3.96. The summed E-state index contributed by atoms with van der Waals surface area (Å²) in [6.07, 6.45) is 1.04. The Morgan fingerprint density at radius 1 is 0.930 bits per heavy atom. The van der Waals surface area contributed by atoms with Gasteiger partial charge in [-0.3, -0.25) is 33.4 Å². The Balaban J connectivity index is 1.22. The molecule has 2 aliphatic rings. The number of nitrogens with one attached hydrogen (secondary N) is 3.